The van der Waals surface area contributed by atoms with E-state index in [4.69, 9.17) is 9.47 Å². The Kier molecular flexibility index (Phi) is 8.24. The van der Waals surface area contributed by atoms with E-state index in [-0.39, 0.29) is 10.5 Å². The maximum atomic E-state index is 12.8. The van der Waals surface area contributed by atoms with Crippen LogP contribution in [0.1, 0.15) is 41.6 Å². The first-order valence-electron chi connectivity index (χ1n) is 10.6. The van der Waals surface area contributed by atoms with E-state index in [0.717, 1.165) is 37.0 Å². The highest BCUT2D eigenvalue weighted by Crippen LogP contribution is 2.21. The van der Waals surface area contributed by atoms with E-state index in [1.807, 2.05) is 12.1 Å². The van der Waals surface area contributed by atoms with Crippen LogP contribution in [0.3, 0.4) is 0 Å². The second-order valence-corrected chi connectivity index (χ2v) is 9.48. The lowest BCUT2D eigenvalue weighted by molar-refractivity contribution is -0.124. The van der Waals surface area contributed by atoms with Gasteiger partial charge in [-0.3, -0.25) is 4.79 Å². The number of methoxy groups -OCH3 is 1. The quantitative estimate of drug-likeness (QED) is 0.608. The predicted molar refractivity (Wildman–Crippen MR) is 119 cm³/mol. The molecule has 1 fully saturated rings. The molecule has 9 heteroatoms. The van der Waals surface area contributed by atoms with Crippen LogP contribution in [0.15, 0.2) is 53.4 Å². The predicted octanol–water partition coefficient (Wildman–Crippen LogP) is 2.73. The van der Waals surface area contributed by atoms with Crippen LogP contribution in [0.25, 0.3) is 0 Å². The fourth-order valence-electron chi connectivity index (χ4n) is 3.40. The Morgan fingerprint density at radius 3 is 2.16 bits per heavy atom. The third-order valence-electron chi connectivity index (χ3n) is 5.28. The summed E-state index contributed by atoms with van der Waals surface area (Å²) in [5.74, 6) is -0.405. The molecule has 1 aliphatic heterocycles. The number of amides is 1. The van der Waals surface area contributed by atoms with Gasteiger partial charge in [0.05, 0.1) is 17.6 Å². The maximum Gasteiger partial charge on any atom is 0.338 e. The standard InChI is InChI=1S/C23H28N2O6S/c1-30-20-10-6-18(7-11-20)16-24-22(26)17-31-23(27)19-8-12-21(13-9-19)32(28,29)25-14-4-2-3-5-15-25/h6-13H,2-5,14-17H2,1H3,(H,24,26). The molecular weight excluding hydrogens is 432 g/mol. The number of rotatable bonds is 8. The smallest absolute Gasteiger partial charge is 0.338 e. The number of hydrogen-bond acceptors (Lipinski definition) is 6. The van der Waals surface area contributed by atoms with Crippen molar-refractivity contribution in [1.29, 1.82) is 0 Å². The number of sulfonamides is 1. The van der Waals surface area contributed by atoms with Crippen molar-refractivity contribution in [3.05, 3.63) is 59.7 Å². The number of esters is 1. The number of nitrogens with one attached hydrogen (secondary N) is 1. The normalized spacial score (nSPS) is 14.9. The minimum Gasteiger partial charge on any atom is -0.497 e. The van der Waals surface area contributed by atoms with Crippen molar-refractivity contribution < 1.29 is 27.5 Å². The van der Waals surface area contributed by atoms with Crippen LogP contribution >= 0.6 is 0 Å². The lowest BCUT2D eigenvalue weighted by Gasteiger charge is -2.19. The molecule has 1 N–H and O–H groups in total. The van der Waals surface area contributed by atoms with E-state index in [9.17, 15) is 18.0 Å². The van der Waals surface area contributed by atoms with Crippen molar-refractivity contribution in [3.63, 3.8) is 0 Å². The minimum atomic E-state index is -3.58. The maximum absolute atomic E-state index is 12.8. The van der Waals surface area contributed by atoms with Crippen molar-refractivity contribution >= 4 is 21.9 Å². The van der Waals surface area contributed by atoms with Gasteiger partial charge in [-0.2, -0.15) is 4.31 Å². The van der Waals surface area contributed by atoms with Gasteiger partial charge in [-0.25, -0.2) is 13.2 Å². The van der Waals surface area contributed by atoms with Crippen LogP contribution in [0.4, 0.5) is 0 Å². The van der Waals surface area contributed by atoms with Crippen molar-refractivity contribution in [3.8, 4) is 5.75 Å². The molecule has 1 aliphatic rings. The molecule has 0 radical (unpaired) electrons. The van der Waals surface area contributed by atoms with Crippen LogP contribution in [-0.4, -0.2) is 51.4 Å². The van der Waals surface area contributed by atoms with Crippen LogP contribution in [0.2, 0.25) is 0 Å². The second-order valence-electron chi connectivity index (χ2n) is 7.54. The molecule has 0 aromatic heterocycles. The molecule has 0 atom stereocenters. The molecule has 32 heavy (non-hydrogen) atoms. The molecule has 0 spiro atoms. The third kappa shape index (κ3) is 6.30. The number of carbonyl (C=O) groups is 2. The SMILES string of the molecule is COc1ccc(CNC(=O)COC(=O)c2ccc(S(=O)(=O)N3CCCCCC3)cc2)cc1. The molecule has 172 valence electrons. The first-order valence-corrected chi connectivity index (χ1v) is 12.0. The van der Waals surface area contributed by atoms with Crippen molar-refractivity contribution in [1.82, 2.24) is 9.62 Å². The molecule has 3 rings (SSSR count). The highest BCUT2D eigenvalue weighted by molar-refractivity contribution is 7.89. The van der Waals surface area contributed by atoms with Crippen molar-refractivity contribution in [2.75, 3.05) is 26.8 Å². The third-order valence-corrected chi connectivity index (χ3v) is 7.19. The topological polar surface area (TPSA) is 102 Å². The number of hydrogen-bond donors (Lipinski definition) is 1. The van der Waals surface area contributed by atoms with Gasteiger partial charge in [-0.15, -0.1) is 0 Å². The van der Waals surface area contributed by atoms with Gasteiger partial charge >= 0.3 is 5.97 Å². The van der Waals surface area contributed by atoms with Gasteiger partial charge in [0.1, 0.15) is 5.75 Å². The van der Waals surface area contributed by atoms with Crippen LogP contribution in [0, 0.1) is 0 Å². The highest BCUT2D eigenvalue weighted by atomic mass is 32.2. The zero-order valence-corrected chi connectivity index (χ0v) is 18.9. The molecular formula is C23H28N2O6S. The zero-order chi connectivity index (χ0) is 23.0. The Morgan fingerprint density at radius 1 is 0.938 bits per heavy atom. The van der Waals surface area contributed by atoms with E-state index in [1.165, 1.54) is 28.6 Å². The lowest BCUT2D eigenvalue weighted by Crippen LogP contribution is -2.32. The number of carbonyl (C=O) groups excluding carboxylic acids is 2. The van der Waals surface area contributed by atoms with Gasteiger partial charge in [0.2, 0.25) is 10.0 Å². The van der Waals surface area contributed by atoms with Gasteiger partial charge in [-0.05, 0) is 54.8 Å². The molecule has 8 nitrogen and oxygen atoms in total. The van der Waals surface area contributed by atoms with Gasteiger partial charge in [-0.1, -0.05) is 25.0 Å². The van der Waals surface area contributed by atoms with E-state index >= 15 is 0 Å². The van der Waals surface area contributed by atoms with Gasteiger partial charge in [0.15, 0.2) is 6.61 Å². The van der Waals surface area contributed by atoms with Crippen molar-refractivity contribution in [2.45, 2.75) is 37.1 Å². The molecule has 1 saturated heterocycles. The molecule has 2 aromatic rings. The fourth-order valence-corrected chi connectivity index (χ4v) is 4.92. The van der Waals surface area contributed by atoms with Gasteiger partial charge < -0.3 is 14.8 Å². The molecule has 0 unspecified atom stereocenters. The number of ether oxygens (including phenoxy) is 2. The molecule has 0 saturated carbocycles. The van der Waals surface area contributed by atoms with Crippen LogP contribution in [-0.2, 0) is 26.1 Å². The van der Waals surface area contributed by atoms with E-state index in [1.54, 1.807) is 19.2 Å². The van der Waals surface area contributed by atoms with Gasteiger partial charge in [0, 0.05) is 19.6 Å². The summed E-state index contributed by atoms with van der Waals surface area (Å²) in [5.41, 5.74) is 1.06. The van der Waals surface area contributed by atoms with Gasteiger partial charge in [0.25, 0.3) is 5.91 Å². The zero-order valence-electron chi connectivity index (χ0n) is 18.1. The summed E-state index contributed by atoms with van der Waals surface area (Å²) in [6, 6.07) is 12.8. The average molecular weight is 461 g/mol. The Hall–Kier alpha value is -2.91. The summed E-state index contributed by atoms with van der Waals surface area (Å²) < 4.78 is 37.2. The average Bonchev–Trinajstić information content (AvgIpc) is 3.12. The van der Waals surface area contributed by atoms with E-state index in [2.05, 4.69) is 5.32 Å². The molecule has 1 amide bonds. The van der Waals surface area contributed by atoms with Crippen LogP contribution in [0.5, 0.6) is 5.75 Å². The highest BCUT2D eigenvalue weighted by Gasteiger charge is 2.25. The van der Waals surface area contributed by atoms with E-state index < -0.39 is 28.5 Å². The molecule has 0 bridgehead atoms. The second kappa shape index (κ2) is 11.1. The monoisotopic (exact) mass is 460 g/mol. The number of benzene rings is 2. The summed E-state index contributed by atoms with van der Waals surface area (Å²) in [6.45, 7) is 0.891. The summed E-state index contributed by atoms with van der Waals surface area (Å²) in [5, 5.41) is 2.67. The molecule has 2 aromatic carbocycles. The number of nitrogens with zero attached hydrogens (tertiary/aromatic N) is 1. The summed E-state index contributed by atoms with van der Waals surface area (Å²) in [7, 11) is -2.01. The fraction of sp³-hybridized carbons (Fsp3) is 0.391. The lowest BCUT2D eigenvalue weighted by atomic mass is 10.2. The minimum absolute atomic E-state index is 0.146. The Labute approximate surface area is 188 Å². The Balaban J connectivity index is 1.50. The van der Waals surface area contributed by atoms with Crippen LogP contribution < -0.4 is 10.1 Å². The van der Waals surface area contributed by atoms with E-state index in [0.29, 0.717) is 19.6 Å². The Morgan fingerprint density at radius 2 is 1.56 bits per heavy atom. The molecule has 1 heterocycles. The summed E-state index contributed by atoms with van der Waals surface area (Å²) >= 11 is 0. The summed E-state index contributed by atoms with van der Waals surface area (Å²) in [6.07, 6.45) is 3.77. The summed E-state index contributed by atoms with van der Waals surface area (Å²) in [4.78, 5) is 24.3. The molecule has 0 aliphatic carbocycles. The van der Waals surface area contributed by atoms with Crippen molar-refractivity contribution in [2.24, 2.45) is 0 Å². The first-order chi connectivity index (χ1) is 15.4. The first kappa shape index (κ1) is 23.7. The largest absolute Gasteiger partial charge is 0.497 e. The Bertz CT molecular complexity index is 1010.